The van der Waals surface area contributed by atoms with E-state index in [9.17, 15) is 9.59 Å². The smallest absolute Gasteiger partial charge is 0.303 e. The fraction of sp³-hybridized carbons (Fsp3) is 0.548. The van der Waals surface area contributed by atoms with Crippen molar-refractivity contribution in [3.8, 4) is 5.75 Å². The molecule has 1 amide bonds. The monoisotopic (exact) mass is 568 g/mol. The highest BCUT2D eigenvalue weighted by Gasteiger charge is 2.75. The number of carbonyl (C=O) groups excluding carboxylic acids is 2. The Kier molecular flexibility index (Phi) is 6.00. The summed E-state index contributed by atoms with van der Waals surface area (Å²) < 4.78 is 13.4. The van der Waals surface area contributed by atoms with Crippen molar-refractivity contribution in [3.63, 3.8) is 0 Å². The lowest BCUT2D eigenvalue weighted by atomic mass is 9.48. The molecule has 2 aliphatic heterocycles. The fourth-order valence-electron chi connectivity index (χ4n) is 8.39. The zero-order chi connectivity index (χ0) is 27.1. The molecule has 2 aromatic carbocycles. The van der Waals surface area contributed by atoms with Crippen molar-refractivity contribution in [1.29, 1.82) is 0 Å². The zero-order valence-electron chi connectivity index (χ0n) is 22.4. The highest BCUT2D eigenvalue weighted by Crippen LogP contribution is 2.66. The van der Waals surface area contributed by atoms with Crippen molar-refractivity contribution in [2.45, 2.75) is 81.1 Å². The molecule has 0 aromatic heterocycles. The average Bonchev–Trinajstić information content (AvgIpc) is 3.65. The molecule has 2 heterocycles. The second-order valence-corrected chi connectivity index (χ2v) is 13.0. The minimum atomic E-state index is -0.666. The standard InChI is InChI=1S/C31H34Cl2N2O4/c1-18(36)39-31-11-10-24(34(2)27(37)15-20-8-9-22(32)23(33)14-20)29-30(31)12-13-35(17-19-6-7-19)26(31)16-21-4-3-5-25(38-29)28(21)30/h3-5,8-9,14,19,24,26,29H,6-7,10-13,15-17H2,1-2H3/t24-,26-,29+,30+,31-/m1/s1. The first kappa shape index (κ1) is 25.7. The van der Waals surface area contributed by atoms with Gasteiger partial charge in [0, 0.05) is 26.1 Å². The molecule has 206 valence electrons. The van der Waals surface area contributed by atoms with Crippen LogP contribution in [0, 0.1) is 5.92 Å². The molecule has 6 nitrogen and oxygen atoms in total. The number of halogens is 2. The summed E-state index contributed by atoms with van der Waals surface area (Å²) >= 11 is 12.3. The van der Waals surface area contributed by atoms with Crippen molar-refractivity contribution < 1.29 is 19.1 Å². The lowest BCUT2D eigenvalue weighted by molar-refractivity contribution is -0.223. The molecule has 2 aromatic rings. The van der Waals surface area contributed by atoms with Crippen LogP contribution >= 0.6 is 23.2 Å². The van der Waals surface area contributed by atoms with E-state index >= 15 is 0 Å². The number of hydrogen-bond acceptors (Lipinski definition) is 5. The first-order chi connectivity index (χ1) is 18.7. The predicted molar refractivity (Wildman–Crippen MR) is 149 cm³/mol. The molecule has 2 saturated carbocycles. The maximum Gasteiger partial charge on any atom is 0.303 e. The van der Waals surface area contributed by atoms with E-state index in [-0.39, 0.29) is 36.5 Å². The molecule has 0 unspecified atom stereocenters. The van der Waals surface area contributed by atoms with Gasteiger partial charge in [0.15, 0.2) is 0 Å². The maximum absolute atomic E-state index is 13.6. The van der Waals surface area contributed by atoms with E-state index in [1.807, 2.05) is 18.0 Å². The van der Waals surface area contributed by atoms with Crippen molar-refractivity contribution in [3.05, 3.63) is 63.1 Å². The summed E-state index contributed by atoms with van der Waals surface area (Å²) in [6.07, 6.45) is 5.65. The Balaban J connectivity index is 1.28. The molecule has 0 N–H and O–H groups in total. The summed E-state index contributed by atoms with van der Waals surface area (Å²) in [6.45, 7) is 3.55. The van der Waals surface area contributed by atoms with Crippen LogP contribution in [0.4, 0.5) is 0 Å². The van der Waals surface area contributed by atoms with E-state index < -0.39 is 11.0 Å². The number of nitrogens with zero attached hydrogens (tertiary/aromatic N) is 2. The number of amides is 1. The van der Waals surface area contributed by atoms with Crippen molar-refractivity contribution in [2.24, 2.45) is 5.92 Å². The van der Waals surface area contributed by atoms with E-state index in [1.54, 1.807) is 12.1 Å². The molecule has 3 fully saturated rings. The number of benzene rings is 2. The number of carbonyl (C=O) groups is 2. The quantitative estimate of drug-likeness (QED) is 0.448. The van der Waals surface area contributed by atoms with Gasteiger partial charge in [0.25, 0.3) is 0 Å². The van der Waals surface area contributed by atoms with Gasteiger partial charge in [-0.15, -0.1) is 0 Å². The van der Waals surface area contributed by atoms with Crippen LogP contribution in [0.3, 0.4) is 0 Å². The van der Waals surface area contributed by atoms with Crippen LogP contribution in [0.5, 0.6) is 5.75 Å². The van der Waals surface area contributed by atoms with Crippen LogP contribution in [0.1, 0.15) is 55.7 Å². The third kappa shape index (κ3) is 3.78. The van der Waals surface area contributed by atoms with Gasteiger partial charge in [-0.3, -0.25) is 14.5 Å². The highest BCUT2D eigenvalue weighted by molar-refractivity contribution is 6.42. The first-order valence-corrected chi connectivity index (χ1v) is 14.9. The molecule has 8 heteroatoms. The van der Waals surface area contributed by atoms with E-state index in [2.05, 4.69) is 23.1 Å². The molecular weight excluding hydrogens is 535 g/mol. The molecule has 1 saturated heterocycles. The molecule has 39 heavy (non-hydrogen) atoms. The molecular formula is C31H34Cl2N2O4. The second kappa shape index (κ2) is 9.12. The van der Waals surface area contributed by atoms with Crippen LogP contribution in [0.15, 0.2) is 36.4 Å². The van der Waals surface area contributed by atoms with Gasteiger partial charge in [0.1, 0.15) is 17.5 Å². The number of esters is 1. The zero-order valence-corrected chi connectivity index (χ0v) is 23.9. The van der Waals surface area contributed by atoms with Crippen molar-refractivity contribution in [1.82, 2.24) is 9.80 Å². The van der Waals surface area contributed by atoms with Crippen molar-refractivity contribution in [2.75, 3.05) is 20.1 Å². The Morgan fingerprint density at radius 2 is 1.95 bits per heavy atom. The second-order valence-electron chi connectivity index (χ2n) is 12.2. The maximum atomic E-state index is 13.6. The molecule has 7 rings (SSSR count). The number of likely N-dealkylation sites (N-methyl/N-ethyl adjacent to an activating group) is 1. The Hall–Kier alpha value is -2.28. The van der Waals surface area contributed by atoms with Crippen molar-refractivity contribution >= 4 is 35.1 Å². The van der Waals surface area contributed by atoms with Crippen LogP contribution in [-0.2, 0) is 32.6 Å². The topological polar surface area (TPSA) is 59.1 Å². The van der Waals surface area contributed by atoms with Gasteiger partial charge in [0.2, 0.25) is 5.91 Å². The van der Waals surface area contributed by atoms with E-state index in [4.69, 9.17) is 32.7 Å². The summed E-state index contributed by atoms with van der Waals surface area (Å²) in [7, 11) is 1.88. The molecule has 2 bridgehead atoms. The van der Waals surface area contributed by atoms with Gasteiger partial charge >= 0.3 is 5.97 Å². The van der Waals surface area contributed by atoms with Crippen LogP contribution in [0.2, 0.25) is 10.0 Å². The number of likely N-dealkylation sites (tertiary alicyclic amines) is 1. The van der Waals surface area contributed by atoms with E-state index in [0.717, 1.165) is 43.2 Å². The molecule has 5 atom stereocenters. The van der Waals surface area contributed by atoms with E-state index in [1.165, 1.54) is 30.9 Å². The third-order valence-corrected chi connectivity index (χ3v) is 10.9. The van der Waals surface area contributed by atoms with Crippen LogP contribution in [-0.4, -0.2) is 65.6 Å². The van der Waals surface area contributed by atoms with Gasteiger partial charge in [-0.1, -0.05) is 41.4 Å². The summed E-state index contributed by atoms with van der Waals surface area (Å²) in [4.78, 5) is 30.9. The average molecular weight is 570 g/mol. The van der Waals surface area contributed by atoms with Gasteiger partial charge in [-0.2, -0.15) is 0 Å². The predicted octanol–water partition coefficient (Wildman–Crippen LogP) is 5.20. The highest BCUT2D eigenvalue weighted by atomic mass is 35.5. The fourth-order valence-corrected chi connectivity index (χ4v) is 8.71. The largest absolute Gasteiger partial charge is 0.487 e. The lowest BCUT2D eigenvalue weighted by Crippen LogP contribution is -2.79. The van der Waals surface area contributed by atoms with Gasteiger partial charge in [-0.25, -0.2) is 0 Å². The number of hydrogen-bond donors (Lipinski definition) is 0. The van der Waals surface area contributed by atoms with Gasteiger partial charge in [0.05, 0.1) is 34.0 Å². The summed E-state index contributed by atoms with van der Waals surface area (Å²) in [6, 6.07) is 11.7. The molecule has 1 spiro atoms. The molecule has 3 aliphatic carbocycles. The number of ether oxygens (including phenoxy) is 2. The SMILES string of the molecule is CC(=O)O[C@@]12CC[C@@H](N(C)C(=O)Cc3ccc(Cl)c(Cl)c3)[C@@H]3Oc4cccc5c4[C@@]31CCN(CC1CC1)[C@@H]2C5. The third-order valence-electron chi connectivity index (χ3n) is 10.1. The van der Waals surface area contributed by atoms with E-state index in [0.29, 0.717) is 22.9 Å². The Labute approximate surface area is 239 Å². The Bertz CT molecular complexity index is 1360. The normalized spacial score (nSPS) is 32.3. The summed E-state index contributed by atoms with van der Waals surface area (Å²) in [5, 5.41) is 0.919. The Morgan fingerprint density at radius 3 is 2.69 bits per heavy atom. The van der Waals surface area contributed by atoms with Gasteiger partial charge in [-0.05, 0) is 80.3 Å². The van der Waals surface area contributed by atoms with Crippen LogP contribution in [0.25, 0.3) is 0 Å². The van der Waals surface area contributed by atoms with Gasteiger partial charge < -0.3 is 14.4 Å². The molecule has 5 aliphatic rings. The number of rotatable bonds is 6. The minimum absolute atomic E-state index is 0.00748. The summed E-state index contributed by atoms with van der Waals surface area (Å²) in [5.74, 6) is 1.41. The summed E-state index contributed by atoms with van der Waals surface area (Å²) in [5.41, 5.74) is 2.20. The first-order valence-electron chi connectivity index (χ1n) is 14.2. The molecule has 0 radical (unpaired) electrons. The minimum Gasteiger partial charge on any atom is -0.487 e. The lowest BCUT2D eigenvalue weighted by Gasteiger charge is -2.65. The number of piperidine rings is 1. The van der Waals surface area contributed by atoms with Crippen LogP contribution < -0.4 is 4.74 Å². The Morgan fingerprint density at radius 1 is 1.13 bits per heavy atom.